The normalized spacial score (nSPS) is 49.0. The summed E-state index contributed by atoms with van der Waals surface area (Å²) in [7, 11) is 0. The molecule has 2 bridgehead atoms. The van der Waals surface area contributed by atoms with Gasteiger partial charge < -0.3 is 9.84 Å². The predicted molar refractivity (Wildman–Crippen MR) is 128 cm³/mol. The molecule has 5 rings (SSSR count). The lowest BCUT2D eigenvalue weighted by atomic mass is 9.42. The summed E-state index contributed by atoms with van der Waals surface area (Å²) in [5.41, 5.74) is 0.420. The molecular formula is C29H46O2. The van der Waals surface area contributed by atoms with Gasteiger partial charge in [0, 0.05) is 11.3 Å². The lowest BCUT2D eigenvalue weighted by Crippen LogP contribution is -2.59. The predicted octanol–water partition coefficient (Wildman–Crippen LogP) is 6.93. The lowest BCUT2D eigenvalue weighted by Gasteiger charge is -2.61. The van der Waals surface area contributed by atoms with Gasteiger partial charge in [0.2, 0.25) is 0 Å². The molecule has 8 atom stereocenters. The molecule has 0 aromatic heterocycles. The Morgan fingerprint density at radius 1 is 1.13 bits per heavy atom. The summed E-state index contributed by atoms with van der Waals surface area (Å²) in [6, 6.07) is 0. The van der Waals surface area contributed by atoms with Crippen molar-refractivity contribution in [3.63, 3.8) is 0 Å². The standard InChI is InChI=1S/C29H46O2/c1-20(9-7-15-26(4,5)30)21-11-12-22-23-13-16-29-24(10-8-14-25(29,2)3)28(23,19-31-29)18-17-27(21,22)6/h7,13,15-16,20-24,30H,8-12,14,17-19H2,1-6H3/b15-7+. The van der Waals surface area contributed by atoms with Crippen molar-refractivity contribution in [3.8, 4) is 0 Å². The van der Waals surface area contributed by atoms with Crippen LogP contribution in [0.2, 0.25) is 0 Å². The third kappa shape index (κ3) is 3.03. The Morgan fingerprint density at radius 2 is 1.90 bits per heavy atom. The number of ether oxygens (including phenoxy) is 1. The molecule has 1 saturated heterocycles. The second-order valence-corrected chi connectivity index (χ2v) is 13.6. The summed E-state index contributed by atoms with van der Waals surface area (Å²) in [5, 5.41) is 10.0. The Bertz CT molecular complexity index is 772. The molecule has 2 heteroatoms. The van der Waals surface area contributed by atoms with Crippen LogP contribution in [0, 0.1) is 45.8 Å². The molecule has 0 aromatic carbocycles. The van der Waals surface area contributed by atoms with E-state index in [9.17, 15) is 5.11 Å². The van der Waals surface area contributed by atoms with Gasteiger partial charge in [-0.3, -0.25) is 0 Å². The van der Waals surface area contributed by atoms with Crippen molar-refractivity contribution in [2.45, 2.75) is 104 Å². The molecule has 8 unspecified atom stereocenters. The van der Waals surface area contributed by atoms with Crippen LogP contribution in [0.1, 0.15) is 92.9 Å². The van der Waals surface area contributed by atoms with Crippen LogP contribution in [0.15, 0.2) is 24.3 Å². The fourth-order valence-corrected chi connectivity index (χ4v) is 9.52. The molecule has 1 aliphatic heterocycles. The van der Waals surface area contributed by atoms with Gasteiger partial charge in [-0.05, 0) is 93.3 Å². The van der Waals surface area contributed by atoms with Gasteiger partial charge in [0.1, 0.15) is 0 Å². The van der Waals surface area contributed by atoms with Crippen molar-refractivity contribution in [1.29, 1.82) is 0 Å². The summed E-state index contributed by atoms with van der Waals surface area (Å²) in [6.45, 7) is 14.8. The highest BCUT2D eigenvalue weighted by atomic mass is 16.5. The molecule has 1 heterocycles. The van der Waals surface area contributed by atoms with E-state index in [1.807, 2.05) is 19.9 Å². The van der Waals surface area contributed by atoms with Crippen LogP contribution in [-0.2, 0) is 4.74 Å². The van der Waals surface area contributed by atoms with E-state index in [1.165, 1.54) is 44.9 Å². The first-order valence-corrected chi connectivity index (χ1v) is 13.2. The Balaban J connectivity index is 1.41. The minimum Gasteiger partial charge on any atom is -0.386 e. The highest BCUT2D eigenvalue weighted by Gasteiger charge is 2.71. The first-order chi connectivity index (χ1) is 14.5. The molecule has 31 heavy (non-hydrogen) atoms. The van der Waals surface area contributed by atoms with E-state index in [1.54, 1.807) is 0 Å². The number of fused-ring (bicyclic) bond motifs is 2. The van der Waals surface area contributed by atoms with E-state index >= 15 is 0 Å². The van der Waals surface area contributed by atoms with Gasteiger partial charge in [0.25, 0.3) is 0 Å². The highest BCUT2D eigenvalue weighted by molar-refractivity contribution is 5.31. The molecule has 3 saturated carbocycles. The van der Waals surface area contributed by atoms with Crippen molar-refractivity contribution >= 4 is 0 Å². The van der Waals surface area contributed by atoms with Crippen LogP contribution < -0.4 is 0 Å². The highest BCUT2D eigenvalue weighted by Crippen LogP contribution is 2.73. The molecule has 4 aliphatic carbocycles. The summed E-state index contributed by atoms with van der Waals surface area (Å²) >= 11 is 0. The number of aliphatic hydroxyl groups is 1. The van der Waals surface area contributed by atoms with E-state index in [-0.39, 0.29) is 11.0 Å². The van der Waals surface area contributed by atoms with Crippen molar-refractivity contribution < 1.29 is 9.84 Å². The maximum atomic E-state index is 10.0. The average molecular weight is 427 g/mol. The van der Waals surface area contributed by atoms with Crippen LogP contribution >= 0.6 is 0 Å². The maximum absolute atomic E-state index is 10.0. The quantitative estimate of drug-likeness (QED) is 0.494. The van der Waals surface area contributed by atoms with E-state index in [0.717, 1.165) is 30.8 Å². The molecule has 0 aromatic rings. The third-order valence-electron chi connectivity index (χ3n) is 11.1. The average Bonchev–Trinajstić information content (AvgIpc) is 3.13. The fraction of sp³-hybridized carbons (Fsp3) is 0.862. The first-order valence-electron chi connectivity index (χ1n) is 13.2. The van der Waals surface area contributed by atoms with Gasteiger partial charge in [-0.2, -0.15) is 0 Å². The topological polar surface area (TPSA) is 29.5 Å². The molecular weight excluding hydrogens is 380 g/mol. The summed E-state index contributed by atoms with van der Waals surface area (Å²) < 4.78 is 6.86. The zero-order chi connectivity index (χ0) is 22.3. The number of rotatable bonds is 4. The third-order valence-corrected chi connectivity index (χ3v) is 11.1. The molecule has 0 amide bonds. The van der Waals surface area contributed by atoms with E-state index < -0.39 is 5.60 Å². The smallest absolute Gasteiger partial charge is 0.0947 e. The molecule has 1 spiro atoms. The van der Waals surface area contributed by atoms with E-state index in [4.69, 9.17) is 4.74 Å². The van der Waals surface area contributed by atoms with Crippen molar-refractivity contribution in [2.24, 2.45) is 45.8 Å². The summed E-state index contributed by atoms with van der Waals surface area (Å²) in [6.07, 6.45) is 20.1. The zero-order valence-electron chi connectivity index (χ0n) is 20.9. The van der Waals surface area contributed by atoms with E-state index in [0.29, 0.717) is 22.7 Å². The Labute approximate surface area is 190 Å². The molecule has 1 N–H and O–H groups in total. The molecule has 2 nitrogen and oxygen atoms in total. The van der Waals surface area contributed by atoms with Gasteiger partial charge in [0.15, 0.2) is 0 Å². The van der Waals surface area contributed by atoms with Crippen LogP contribution in [0.25, 0.3) is 0 Å². The second kappa shape index (κ2) is 6.95. The molecule has 174 valence electrons. The largest absolute Gasteiger partial charge is 0.386 e. The van der Waals surface area contributed by atoms with Crippen molar-refractivity contribution in [3.05, 3.63) is 24.3 Å². The van der Waals surface area contributed by atoms with Gasteiger partial charge in [-0.15, -0.1) is 0 Å². The van der Waals surface area contributed by atoms with Gasteiger partial charge in [0.05, 0.1) is 17.8 Å². The van der Waals surface area contributed by atoms with Crippen LogP contribution in [0.4, 0.5) is 0 Å². The van der Waals surface area contributed by atoms with Crippen LogP contribution in [0.3, 0.4) is 0 Å². The van der Waals surface area contributed by atoms with Crippen molar-refractivity contribution in [2.75, 3.05) is 6.61 Å². The lowest BCUT2D eigenvalue weighted by molar-refractivity contribution is -0.110. The Morgan fingerprint density at radius 3 is 2.65 bits per heavy atom. The number of hydrogen-bond donors (Lipinski definition) is 1. The summed E-state index contributed by atoms with van der Waals surface area (Å²) in [4.78, 5) is 0. The van der Waals surface area contributed by atoms with E-state index in [2.05, 4.69) is 45.9 Å². The first kappa shape index (κ1) is 22.2. The molecule has 0 radical (unpaired) electrons. The Kier molecular flexibility index (Phi) is 4.98. The maximum Gasteiger partial charge on any atom is 0.0947 e. The minimum atomic E-state index is -0.700. The number of allylic oxidation sites excluding steroid dienone is 2. The monoisotopic (exact) mass is 426 g/mol. The number of hydrogen-bond acceptors (Lipinski definition) is 2. The molecule has 4 fully saturated rings. The van der Waals surface area contributed by atoms with Gasteiger partial charge >= 0.3 is 0 Å². The van der Waals surface area contributed by atoms with Gasteiger partial charge in [-0.1, -0.05) is 58.4 Å². The zero-order valence-corrected chi connectivity index (χ0v) is 20.9. The summed E-state index contributed by atoms with van der Waals surface area (Å²) in [5.74, 6) is 3.74. The SMILES string of the molecule is CC(C/C=C/C(C)(C)O)C1CCC2C3C=CC45OCC3(CCC12C)C4CCCC5(C)C. The van der Waals surface area contributed by atoms with Crippen molar-refractivity contribution in [1.82, 2.24) is 0 Å². The Hall–Kier alpha value is -0.600. The fourth-order valence-electron chi connectivity index (χ4n) is 9.52. The second-order valence-electron chi connectivity index (χ2n) is 13.6. The molecule has 5 aliphatic rings. The minimum absolute atomic E-state index is 0.00266. The van der Waals surface area contributed by atoms with Gasteiger partial charge in [-0.25, -0.2) is 0 Å². The van der Waals surface area contributed by atoms with Crippen LogP contribution in [-0.4, -0.2) is 22.9 Å². The van der Waals surface area contributed by atoms with Crippen LogP contribution in [0.5, 0.6) is 0 Å².